The third-order valence-electron chi connectivity index (χ3n) is 1.83. The van der Waals surface area contributed by atoms with Gasteiger partial charge >= 0.3 is 19.5 Å². The zero-order valence-electron chi connectivity index (χ0n) is 10.1. The summed E-state index contributed by atoms with van der Waals surface area (Å²) in [6.07, 6.45) is 0. The maximum atomic E-state index is 4.88. The van der Waals surface area contributed by atoms with E-state index in [1.165, 1.54) is 0 Å². The van der Waals surface area contributed by atoms with Crippen molar-refractivity contribution < 1.29 is 29.0 Å². The molecule has 0 saturated carbocycles. The molecular weight excluding hydrogens is 266 g/mol. The van der Waals surface area contributed by atoms with Crippen molar-refractivity contribution in [2.75, 3.05) is 14.2 Å². The van der Waals surface area contributed by atoms with Crippen LogP contribution in [-0.2, 0) is 19.5 Å². The second-order valence-electron chi connectivity index (χ2n) is 2.89. The quantitative estimate of drug-likeness (QED) is 0.621. The van der Waals surface area contributed by atoms with Crippen LogP contribution < -0.4 is 9.47 Å². The van der Waals surface area contributed by atoms with Crippen LogP contribution in [0.15, 0.2) is 48.5 Å². The number of hydrogen-bond donors (Lipinski definition) is 0. The Bertz CT molecular complexity index is 336. The zero-order chi connectivity index (χ0) is 11.6. The third-order valence-corrected chi connectivity index (χ3v) is 1.83. The Morgan fingerprint density at radius 3 is 1.41 bits per heavy atom. The molecule has 0 radical (unpaired) electrons. The maximum Gasteiger partial charge on any atom is 2.00 e. The fourth-order valence-corrected chi connectivity index (χ4v) is 1.01. The zero-order valence-corrected chi connectivity index (χ0v) is 13.1. The fraction of sp³-hybridized carbons (Fsp3) is 0.143. The molecule has 0 spiro atoms. The second-order valence-corrected chi connectivity index (χ2v) is 2.89. The molecule has 0 aliphatic rings. The minimum Gasteiger partial charge on any atom is -0.554 e. The molecule has 2 rings (SSSR count). The Morgan fingerprint density at radius 2 is 1.24 bits per heavy atom. The van der Waals surface area contributed by atoms with Crippen molar-refractivity contribution in [2.24, 2.45) is 0 Å². The molecule has 0 aliphatic carbocycles. The first kappa shape index (κ1) is 15.7. The van der Waals surface area contributed by atoms with Gasteiger partial charge in [-0.3, -0.25) is 0 Å². The van der Waals surface area contributed by atoms with Crippen LogP contribution in [0.2, 0.25) is 0 Å². The van der Waals surface area contributed by atoms with Gasteiger partial charge in [0, 0.05) is 11.5 Å². The summed E-state index contributed by atoms with van der Waals surface area (Å²) in [5, 5.41) is 0. The molecule has 0 unspecified atom stereocenters. The van der Waals surface area contributed by atoms with Crippen LogP contribution in [0.5, 0.6) is 11.5 Å². The van der Waals surface area contributed by atoms with Crippen molar-refractivity contribution in [1.82, 2.24) is 0 Å². The van der Waals surface area contributed by atoms with Gasteiger partial charge in [-0.05, 0) is 0 Å². The minimum atomic E-state index is 0. The van der Waals surface area contributed by atoms with Gasteiger partial charge in [0.25, 0.3) is 0 Å². The molecule has 2 aromatic carbocycles. The number of hydrogen-bond acceptors (Lipinski definition) is 2. The van der Waals surface area contributed by atoms with Crippen molar-refractivity contribution in [1.29, 1.82) is 0 Å². The van der Waals surface area contributed by atoms with Crippen LogP contribution in [0.25, 0.3) is 0 Å². The summed E-state index contributed by atoms with van der Waals surface area (Å²) in [7, 11) is 3.28. The van der Waals surface area contributed by atoms with Gasteiger partial charge in [0.05, 0.1) is 14.2 Å². The van der Waals surface area contributed by atoms with Gasteiger partial charge in [-0.25, -0.2) is 0 Å². The Morgan fingerprint density at radius 1 is 0.824 bits per heavy atom. The van der Waals surface area contributed by atoms with E-state index < -0.39 is 0 Å². The summed E-state index contributed by atoms with van der Waals surface area (Å²) in [5.41, 5.74) is 0. The first-order valence-electron chi connectivity index (χ1n) is 4.87. The number of benzene rings is 2. The number of ether oxygens (including phenoxy) is 2. The van der Waals surface area contributed by atoms with Crippen LogP contribution in [0.3, 0.4) is 0 Å². The largest absolute Gasteiger partial charge is 2.00 e. The van der Waals surface area contributed by atoms with Crippen LogP contribution in [0.4, 0.5) is 0 Å². The van der Waals surface area contributed by atoms with Gasteiger partial charge < -0.3 is 9.47 Å². The molecule has 2 aromatic rings. The second kappa shape index (κ2) is 9.86. The minimum absolute atomic E-state index is 0. The monoisotopic (exact) mass is 278 g/mol. The summed E-state index contributed by atoms with van der Waals surface area (Å²) in [4.78, 5) is 0. The van der Waals surface area contributed by atoms with E-state index in [4.69, 9.17) is 9.47 Å². The molecule has 0 bridgehead atoms. The molecule has 0 amide bonds. The van der Waals surface area contributed by atoms with Crippen LogP contribution in [0.1, 0.15) is 0 Å². The average Bonchev–Trinajstić information content (AvgIpc) is 2.41. The normalized spacial score (nSPS) is 8.12. The molecule has 0 saturated heterocycles. The molecule has 2 nitrogen and oxygen atoms in total. The van der Waals surface area contributed by atoms with Gasteiger partial charge in [0.1, 0.15) is 0 Å². The summed E-state index contributed by atoms with van der Waals surface area (Å²) < 4.78 is 9.77. The van der Waals surface area contributed by atoms with Gasteiger partial charge in [-0.1, -0.05) is 0 Å². The predicted octanol–water partition coefficient (Wildman–Crippen LogP) is 2.99. The molecule has 84 valence electrons. The van der Waals surface area contributed by atoms with E-state index in [1.54, 1.807) is 26.4 Å². The van der Waals surface area contributed by atoms with Crippen LogP contribution in [-0.4, -0.2) is 14.2 Å². The Hall–Kier alpha value is -1.34. The van der Waals surface area contributed by atoms with E-state index in [-0.39, 0.29) is 19.5 Å². The average molecular weight is 280 g/mol. The molecule has 0 fully saturated rings. The topological polar surface area (TPSA) is 18.5 Å². The van der Waals surface area contributed by atoms with E-state index in [1.807, 2.05) is 36.4 Å². The van der Waals surface area contributed by atoms with Crippen molar-refractivity contribution >= 4 is 0 Å². The van der Waals surface area contributed by atoms with Crippen molar-refractivity contribution in [3.8, 4) is 11.5 Å². The van der Waals surface area contributed by atoms with E-state index in [0.29, 0.717) is 0 Å². The smallest absolute Gasteiger partial charge is 0.554 e. The molecular formula is C14H14O2Zn. The third kappa shape index (κ3) is 6.75. The van der Waals surface area contributed by atoms with E-state index >= 15 is 0 Å². The van der Waals surface area contributed by atoms with Crippen LogP contribution in [0, 0.1) is 12.1 Å². The van der Waals surface area contributed by atoms with Crippen molar-refractivity contribution in [2.45, 2.75) is 0 Å². The standard InChI is InChI=1S/2C7H7O.Zn/c2*1-8-7-5-3-2-4-6-7;/h2*2-3,5-6H,1H3;/q2*-1;+2. The first-order valence-corrected chi connectivity index (χ1v) is 4.87. The SMILES string of the molecule is COc1c[c-]ccc1.COc1c[c-]ccc1.[Zn+2]. The fourth-order valence-electron chi connectivity index (χ4n) is 1.01. The molecule has 0 heterocycles. The Kier molecular flexibility index (Phi) is 9.08. The summed E-state index contributed by atoms with van der Waals surface area (Å²) >= 11 is 0. The summed E-state index contributed by atoms with van der Waals surface area (Å²) in [6.45, 7) is 0. The van der Waals surface area contributed by atoms with E-state index in [2.05, 4.69) is 12.1 Å². The molecule has 0 N–H and O–H groups in total. The number of rotatable bonds is 2. The molecule has 17 heavy (non-hydrogen) atoms. The molecule has 0 aliphatic heterocycles. The summed E-state index contributed by atoms with van der Waals surface area (Å²) in [6, 6.07) is 20.6. The molecule has 0 aromatic heterocycles. The maximum absolute atomic E-state index is 4.88. The van der Waals surface area contributed by atoms with Gasteiger partial charge in [-0.15, -0.1) is 24.3 Å². The van der Waals surface area contributed by atoms with E-state index in [0.717, 1.165) is 11.5 Å². The first-order chi connectivity index (χ1) is 7.86. The van der Waals surface area contributed by atoms with Gasteiger partial charge in [0.15, 0.2) is 0 Å². The predicted molar refractivity (Wildman–Crippen MR) is 63.7 cm³/mol. The van der Waals surface area contributed by atoms with Crippen molar-refractivity contribution in [3.63, 3.8) is 0 Å². The number of methoxy groups -OCH3 is 2. The van der Waals surface area contributed by atoms with E-state index in [9.17, 15) is 0 Å². The van der Waals surface area contributed by atoms with Crippen LogP contribution >= 0.6 is 0 Å². The Balaban J connectivity index is 0.000000284. The Labute approximate surface area is 115 Å². The van der Waals surface area contributed by atoms with Crippen molar-refractivity contribution in [3.05, 3.63) is 60.7 Å². The molecule has 3 heteroatoms. The van der Waals surface area contributed by atoms with Gasteiger partial charge in [-0.2, -0.15) is 36.4 Å². The molecule has 0 atom stereocenters. The van der Waals surface area contributed by atoms with Gasteiger partial charge in [0.2, 0.25) is 0 Å². The summed E-state index contributed by atoms with van der Waals surface area (Å²) in [5.74, 6) is 1.71.